The third-order valence-electron chi connectivity index (χ3n) is 8.40. The molecule has 0 bridgehead atoms. The van der Waals surface area contributed by atoms with E-state index >= 15 is 0 Å². The topological polar surface area (TPSA) is 60.0 Å². The number of hydrogen-bond donors (Lipinski definition) is 1. The van der Waals surface area contributed by atoms with Crippen LogP contribution in [0.4, 0.5) is 22.7 Å². The van der Waals surface area contributed by atoms with E-state index in [1.165, 1.54) is 0 Å². The van der Waals surface area contributed by atoms with Gasteiger partial charge in [-0.15, -0.1) is 0 Å². The van der Waals surface area contributed by atoms with Gasteiger partial charge in [0.25, 0.3) is 0 Å². The number of fused-ring (bicyclic) bond motifs is 6. The van der Waals surface area contributed by atoms with E-state index in [2.05, 4.69) is 42.3 Å². The predicted molar refractivity (Wildman–Crippen MR) is 179 cm³/mol. The zero-order chi connectivity index (χ0) is 31.1. The number of benzene rings is 5. The van der Waals surface area contributed by atoms with Crippen LogP contribution in [0.25, 0.3) is 0 Å². The molecule has 2 aliphatic heterocycles. The van der Waals surface area contributed by atoms with Gasteiger partial charge in [-0.25, -0.2) is 4.79 Å². The SMILES string of the molecule is CCCOc1ccc(N(CC)c2ccc3c(c2)Oc2cc(C)c(Nc4cccc(Cl)c4)cc2C32OC(=O)c3ccccc32)cc1. The van der Waals surface area contributed by atoms with Crippen LogP contribution in [0.3, 0.4) is 0 Å². The molecule has 2 aliphatic rings. The van der Waals surface area contributed by atoms with Gasteiger partial charge in [0.1, 0.15) is 17.2 Å². The van der Waals surface area contributed by atoms with Crippen LogP contribution < -0.4 is 19.7 Å². The number of carbonyl (C=O) groups is 1. The Hall–Kier alpha value is -4.94. The van der Waals surface area contributed by atoms with E-state index in [9.17, 15) is 4.79 Å². The van der Waals surface area contributed by atoms with E-state index in [1.807, 2.05) is 91.9 Å². The number of hydrogen-bond acceptors (Lipinski definition) is 6. The fourth-order valence-corrected chi connectivity index (χ4v) is 6.48. The van der Waals surface area contributed by atoms with E-state index in [4.69, 9.17) is 25.8 Å². The minimum absolute atomic E-state index is 0.362. The molecule has 7 heteroatoms. The Morgan fingerprint density at radius 1 is 0.822 bits per heavy atom. The zero-order valence-electron chi connectivity index (χ0n) is 25.4. The lowest BCUT2D eigenvalue weighted by Crippen LogP contribution is -2.33. The minimum atomic E-state index is -1.18. The highest BCUT2D eigenvalue weighted by Crippen LogP contribution is 2.57. The van der Waals surface area contributed by atoms with E-state index in [-0.39, 0.29) is 5.97 Å². The molecular weight excluding hydrogens is 584 g/mol. The summed E-state index contributed by atoms with van der Waals surface area (Å²) in [4.78, 5) is 15.6. The third-order valence-corrected chi connectivity index (χ3v) is 8.63. The Labute approximate surface area is 268 Å². The first-order valence-electron chi connectivity index (χ1n) is 15.2. The van der Waals surface area contributed by atoms with Gasteiger partial charge in [0.2, 0.25) is 0 Å². The van der Waals surface area contributed by atoms with Crippen molar-refractivity contribution in [3.63, 3.8) is 0 Å². The highest BCUT2D eigenvalue weighted by Gasteiger charge is 2.53. The Morgan fingerprint density at radius 2 is 1.60 bits per heavy atom. The lowest BCUT2D eigenvalue weighted by Gasteiger charge is -2.38. The number of aryl methyl sites for hydroxylation is 1. The smallest absolute Gasteiger partial charge is 0.340 e. The quantitative estimate of drug-likeness (QED) is 0.175. The molecule has 7 rings (SSSR count). The fraction of sp³-hybridized carbons (Fsp3) is 0.184. The van der Waals surface area contributed by atoms with Gasteiger partial charge in [0, 0.05) is 57.1 Å². The van der Waals surface area contributed by atoms with Crippen molar-refractivity contribution >= 4 is 40.3 Å². The summed E-state index contributed by atoms with van der Waals surface area (Å²) in [6.45, 7) is 7.66. The number of nitrogens with one attached hydrogen (secondary N) is 1. The lowest BCUT2D eigenvalue weighted by atomic mass is 9.77. The van der Waals surface area contributed by atoms with Gasteiger partial charge in [-0.05, 0) is 98.6 Å². The summed E-state index contributed by atoms with van der Waals surface area (Å²) in [5.74, 6) is 1.77. The van der Waals surface area contributed by atoms with Crippen molar-refractivity contribution < 1.29 is 19.0 Å². The monoisotopic (exact) mass is 616 g/mol. The number of anilines is 4. The predicted octanol–water partition coefficient (Wildman–Crippen LogP) is 9.91. The molecule has 0 aliphatic carbocycles. The fourth-order valence-electron chi connectivity index (χ4n) is 6.29. The second kappa shape index (κ2) is 11.5. The molecule has 6 nitrogen and oxygen atoms in total. The summed E-state index contributed by atoms with van der Waals surface area (Å²) >= 11 is 6.28. The van der Waals surface area contributed by atoms with E-state index < -0.39 is 5.60 Å². The summed E-state index contributed by atoms with van der Waals surface area (Å²) in [5.41, 5.74) is 6.39. The number of rotatable bonds is 8. The first-order chi connectivity index (χ1) is 21.9. The Morgan fingerprint density at radius 3 is 2.38 bits per heavy atom. The molecule has 0 saturated heterocycles. The molecule has 2 heterocycles. The second-order valence-electron chi connectivity index (χ2n) is 11.3. The normalized spacial score (nSPS) is 15.9. The highest BCUT2D eigenvalue weighted by molar-refractivity contribution is 6.30. The second-order valence-corrected chi connectivity index (χ2v) is 11.7. The number of ether oxygens (including phenoxy) is 3. The van der Waals surface area contributed by atoms with Crippen LogP contribution in [-0.4, -0.2) is 19.1 Å². The van der Waals surface area contributed by atoms with Crippen LogP contribution in [0, 0.1) is 6.92 Å². The molecule has 0 amide bonds. The molecule has 5 aromatic rings. The van der Waals surface area contributed by atoms with Crippen molar-refractivity contribution in [2.45, 2.75) is 32.8 Å². The molecule has 0 saturated carbocycles. The van der Waals surface area contributed by atoms with Gasteiger partial charge in [0.15, 0.2) is 5.60 Å². The molecule has 0 radical (unpaired) electrons. The van der Waals surface area contributed by atoms with Crippen LogP contribution >= 0.6 is 11.6 Å². The van der Waals surface area contributed by atoms with Crippen LogP contribution in [0.1, 0.15) is 52.9 Å². The number of nitrogens with zero attached hydrogens (tertiary/aromatic N) is 1. The van der Waals surface area contributed by atoms with E-state index in [0.29, 0.717) is 28.7 Å². The van der Waals surface area contributed by atoms with Crippen LogP contribution in [-0.2, 0) is 10.3 Å². The van der Waals surface area contributed by atoms with Crippen molar-refractivity contribution in [2.24, 2.45) is 0 Å². The molecule has 45 heavy (non-hydrogen) atoms. The van der Waals surface area contributed by atoms with Crippen molar-refractivity contribution in [1.29, 1.82) is 0 Å². The average Bonchev–Trinajstić information content (AvgIpc) is 3.34. The van der Waals surface area contributed by atoms with Crippen molar-refractivity contribution in [3.8, 4) is 17.2 Å². The summed E-state index contributed by atoms with van der Waals surface area (Å²) < 4.78 is 18.9. The molecule has 1 unspecified atom stereocenters. The zero-order valence-corrected chi connectivity index (χ0v) is 26.2. The van der Waals surface area contributed by atoms with Gasteiger partial charge in [-0.1, -0.05) is 42.8 Å². The highest BCUT2D eigenvalue weighted by atomic mass is 35.5. The van der Waals surface area contributed by atoms with Crippen LogP contribution in [0.15, 0.2) is 103 Å². The van der Waals surface area contributed by atoms with Gasteiger partial charge in [0.05, 0.1) is 12.2 Å². The molecule has 0 aromatic heterocycles. The number of halogens is 1. The Balaban J connectivity index is 1.35. The first kappa shape index (κ1) is 28.8. The van der Waals surface area contributed by atoms with Crippen LogP contribution in [0.5, 0.6) is 17.2 Å². The first-order valence-corrected chi connectivity index (χ1v) is 15.6. The summed E-state index contributed by atoms with van der Waals surface area (Å²) in [7, 11) is 0. The lowest BCUT2D eigenvalue weighted by molar-refractivity contribution is 0.0224. The molecule has 1 atom stereocenters. The maximum atomic E-state index is 13.4. The molecule has 1 N–H and O–H groups in total. The standard InChI is InChI=1S/C38H33ClN2O4/c1-4-19-43-29-16-13-27(14-17-29)41(5-2)28-15-18-32-36(22-28)44-35-20-24(3)34(40-26-10-8-9-25(39)21-26)23-33(35)38(32)31-12-7-6-11-30(31)37(42)45-38/h6-18,20-23,40H,4-5,19H2,1-3H3. The van der Waals surface area contributed by atoms with Crippen molar-refractivity contribution in [3.05, 3.63) is 136 Å². The molecule has 226 valence electrons. The largest absolute Gasteiger partial charge is 0.494 e. The maximum absolute atomic E-state index is 13.4. The van der Waals surface area contributed by atoms with E-state index in [0.717, 1.165) is 63.7 Å². The van der Waals surface area contributed by atoms with E-state index in [1.54, 1.807) is 0 Å². The molecule has 5 aromatic carbocycles. The summed E-state index contributed by atoms with van der Waals surface area (Å²) in [6.07, 6.45) is 0.960. The van der Waals surface area contributed by atoms with Crippen molar-refractivity contribution in [1.82, 2.24) is 0 Å². The summed E-state index contributed by atoms with van der Waals surface area (Å²) in [6, 6.07) is 33.5. The average molecular weight is 617 g/mol. The van der Waals surface area contributed by atoms with Gasteiger partial charge >= 0.3 is 5.97 Å². The van der Waals surface area contributed by atoms with Gasteiger partial charge in [-0.2, -0.15) is 0 Å². The van der Waals surface area contributed by atoms with Crippen molar-refractivity contribution in [2.75, 3.05) is 23.4 Å². The molecular formula is C38H33ClN2O4. The Kier molecular flexibility index (Phi) is 7.38. The van der Waals surface area contributed by atoms with Gasteiger partial charge in [-0.3, -0.25) is 0 Å². The third kappa shape index (κ3) is 4.95. The number of carbonyl (C=O) groups excluding carboxylic acids is 1. The molecule has 0 fully saturated rings. The minimum Gasteiger partial charge on any atom is -0.494 e. The number of esters is 1. The molecule has 1 spiro atoms. The summed E-state index contributed by atoms with van der Waals surface area (Å²) in [5, 5.41) is 4.14. The van der Waals surface area contributed by atoms with Gasteiger partial charge < -0.3 is 24.4 Å². The Bertz CT molecular complexity index is 1920. The van der Waals surface area contributed by atoms with Crippen LogP contribution in [0.2, 0.25) is 5.02 Å². The maximum Gasteiger partial charge on any atom is 0.340 e.